The zero-order valence-corrected chi connectivity index (χ0v) is 12.2. The molecule has 2 rings (SSSR count). The standard InChI is InChI=1S/C15H14O6S/c16-14(15(17)22(18,19)20)12-6-8-13(9-7-12)21-10-11-4-2-1-3-5-11/h1-9,15,17H,10H2,(H,18,19,20). The largest absolute Gasteiger partial charge is 0.489 e. The van der Waals surface area contributed by atoms with E-state index in [0.29, 0.717) is 12.4 Å². The molecule has 0 aliphatic heterocycles. The lowest BCUT2D eigenvalue weighted by molar-refractivity contribution is 0.0848. The number of benzene rings is 2. The van der Waals surface area contributed by atoms with Gasteiger partial charge in [-0.05, 0) is 29.8 Å². The molecule has 0 amide bonds. The number of ether oxygens (including phenoxy) is 1. The average molecular weight is 322 g/mol. The van der Waals surface area contributed by atoms with Crippen LogP contribution in [0.2, 0.25) is 0 Å². The summed E-state index contributed by atoms with van der Waals surface area (Å²) in [5.41, 5.74) is -1.55. The zero-order chi connectivity index (χ0) is 16.2. The van der Waals surface area contributed by atoms with Crippen LogP contribution in [-0.2, 0) is 16.7 Å². The predicted octanol–water partition coefficient (Wildman–Crippen LogP) is 1.65. The van der Waals surface area contributed by atoms with Crippen molar-refractivity contribution in [1.82, 2.24) is 0 Å². The number of carbonyl (C=O) groups excluding carboxylic acids is 1. The molecule has 7 heteroatoms. The van der Waals surface area contributed by atoms with Crippen LogP contribution in [0.15, 0.2) is 54.6 Å². The molecule has 22 heavy (non-hydrogen) atoms. The molecule has 0 bridgehead atoms. The van der Waals surface area contributed by atoms with Gasteiger partial charge in [-0.15, -0.1) is 0 Å². The highest BCUT2D eigenvalue weighted by Gasteiger charge is 2.29. The Hall–Kier alpha value is -2.22. The predicted molar refractivity (Wildman–Crippen MR) is 79.1 cm³/mol. The number of rotatable bonds is 6. The first kappa shape index (κ1) is 16.2. The molecule has 0 aromatic heterocycles. The van der Waals surface area contributed by atoms with Gasteiger partial charge in [0.25, 0.3) is 10.1 Å². The van der Waals surface area contributed by atoms with E-state index >= 15 is 0 Å². The number of carbonyl (C=O) groups is 1. The summed E-state index contributed by atoms with van der Waals surface area (Å²) in [6.45, 7) is 0.349. The van der Waals surface area contributed by atoms with Crippen molar-refractivity contribution >= 4 is 15.9 Å². The summed E-state index contributed by atoms with van der Waals surface area (Å²) in [4.78, 5) is 11.7. The number of ketones is 1. The van der Waals surface area contributed by atoms with E-state index in [0.717, 1.165) is 5.56 Å². The van der Waals surface area contributed by atoms with Crippen LogP contribution < -0.4 is 4.74 Å². The molecule has 0 spiro atoms. The van der Waals surface area contributed by atoms with Crippen molar-refractivity contribution in [3.8, 4) is 5.75 Å². The fourth-order valence-corrected chi connectivity index (χ4v) is 2.14. The van der Waals surface area contributed by atoms with Gasteiger partial charge in [0.2, 0.25) is 11.2 Å². The molecule has 2 aromatic rings. The molecule has 0 saturated heterocycles. The number of aliphatic hydroxyl groups is 1. The van der Waals surface area contributed by atoms with Gasteiger partial charge in [-0.25, -0.2) is 0 Å². The quantitative estimate of drug-likeness (QED) is 0.619. The highest BCUT2D eigenvalue weighted by Crippen LogP contribution is 2.16. The third-order valence-electron chi connectivity index (χ3n) is 2.89. The van der Waals surface area contributed by atoms with Crippen LogP contribution in [0.3, 0.4) is 0 Å². The highest BCUT2D eigenvalue weighted by atomic mass is 32.2. The van der Waals surface area contributed by atoms with Crippen molar-refractivity contribution in [2.45, 2.75) is 12.0 Å². The van der Waals surface area contributed by atoms with Crippen LogP contribution in [0.1, 0.15) is 15.9 Å². The number of hydrogen-bond donors (Lipinski definition) is 2. The second-order valence-electron chi connectivity index (χ2n) is 4.53. The molecule has 0 saturated carbocycles. The van der Waals surface area contributed by atoms with E-state index in [1.165, 1.54) is 24.3 Å². The van der Waals surface area contributed by atoms with Gasteiger partial charge >= 0.3 is 0 Å². The Labute approximate surface area is 127 Å². The van der Waals surface area contributed by atoms with Gasteiger partial charge in [0, 0.05) is 5.56 Å². The Balaban J connectivity index is 2.03. The molecule has 0 heterocycles. The van der Waals surface area contributed by atoms with Crippen molar-refractivity contribution in [3.63, 3.8) is 0 Å². The monoisotopic (exact) mass is 322 g/mol. The minimum absolute atomic E-state index is 0.0443. The van der Waals surface area contributed by atoms with E-state index in [2.05, 4.69) is 0 Å². The second-order valence-corrected chi connectivity index (χ2v) is 6.01. The number of aliphatic hydroxyl groups excluding tert-OH is 1. The lowest BCUT2D eigenvalue weighted by Gasteiger charge is -2.08. The van der Waals surface area contributed by atoms with Crippen molar-refractivity contribution in [2.24, 2.45) is 0 Å². The fourth-order valence-electron chi connectivity index (χ4n) is 1.73. The Morgan fingerprint density at radius 1 is 1.05 bits per heavy atom. The van der Waals surface area contributed by atoms with Gasteiger partial charge in [0.05, 0.1) is 0 Å². The van der Waals surface area contributed by atoms with Gasteiger partial charge < -0.3 is 9.84 Å². The lowest BCUT2D eigenvalue weighted by atomic mass is 10.1. The van der Waals surface area contributed by atoms with Crippen molar-refractivity contribution in [2.75, 3.05) is 0 Å². The molecule has 6 nitrogen and oxygen atoms in total. The van der Waals surface area contributed by atoms with Crippen molar-refractivity contribution in [3.05, 3.63) is 65.7 Å². The summed E-state index contributed by atoms with van der Waals surface area (Å²) < 4.78 is 35.6. The molecular weight excluding hydrogens is 308 g/mol. The topological polar surface area (TPSA) is 101 Å². The maximum absolute atomic E-state index is 11.7. The minimum atomic E-state index is -4.83. The Morgan fingerprint density at radius 3 is 2.18 bits per heavy atom. The lowest BCUT2D eigenvalue weighted by Crippen LogP contribution is -2.29. The first-order valence-corrected chi connectivity index (χ1v) is 7.83. The van der Waals surface area contributed by atoms with Crippen LogP contribution in [0.5, 0.6) is 5.75 Å². The molecule has 116 valence electrons. The second kappa shape index (κ2) is 6.69. The van der Waals surface area contributed by atoms with E-state index < -0.39 is 21.3 Å². The maximum atomic E-state index is 11.7. The van der Waals surface area contributed by atoms with Gasteiger partial charge in [0.15, 0.2) is 0 Å². The summed E-state index contributed by atoms with van der Waals surface area (Å²) in [6, 6.07) is 15.1. The Morgan fingerprint density at radius 2 is 1.64 bits per heavy atom. The average Bonchev–Trinajstić information content (AvgIpc) is 2.52. The van der Waals surface area contributed by atoms with Gasteiger partial charge in [-0.2, -0.15) is 8.42 Å². The molecule has 0 aliphatic carbocycles. The van der Waals surface area contributed by atoms with Gasteiger partial charge in [-0.1, -0.05) is 30.3 Å². The van der Waals surface area contributed by atoms with Crippen LogP contribution in [0.25, 0.3) is 0 Å². The molecule has 2 aromatic carbocycles. The van der Waals surface area contributed by atoms with Crippen LogP contribution in [0, 0.1) is 0 Å². The Bertz CT molecular complexity index is 737. The zero-order valence-electron chi connectivity index (χ0n) is 11.4. The molecule has 2 N–H and O–H groups in total. The van der Waals surface area contributed by atoms with E-state index in [1.807, 2.05) is 30.3 Å². The van der Waals surface area contributed by atoms with Gasteiger partial charge in [-0.3, -0.25) is 9.35 Å². The molecular formula is C15H14O6S. The van der Waals surface area contributed by atoms with E-state index in [4.69, 9.17) is 9.29 Å². The molecule has 1 unspecified atom stereocenters. The van der Waals surface area contributed by atoms with Crippen molar-refractivity contribution < 1.29 is 27.6 Å². The highest BCUT2D eigenvalue weighted by molar-refractivity contribution is 7.87. The smallest absolute Gasteiger partial charge is 0.299 e. The summed E-state index contributed by atoms with van der Waals surface area (Å²) in [7, 11) is -4.83. The van der Waals surface area contributed by atoms with Crippen LogP contribution in [0.4, 0.5) is 0 Å². The summed E-state index contributed by atoms with van der Waals surface area (Å²) in [5.74, 6) is -0.612. The minimum Gasteiger partial charge on any atom is -0.489 e. The summed E-state index contributed by atoms with van der Waals surface area (Å²) >= 11 is 0. The SMILES string of the molecule is O=C(c1ccc(OCc2ccccc2)cc1)C(O)S(=O)(=O)O. The van der Waals surface area contributed by atoms with E-state index in [-0.39, 0.29) is 5.56 Å². The van der Waals surface area contributed by atoms with Crippen LogP contribution >= 0.6 is 0 Å². The molecule has 0 radical (unpaired) electrons. The summed E-state index contributed by atoms with van der Waals surface area (Å²) in [6.07, 6.45) is 0. The molecule has 1 atom stereocenters. The third kappa shape index (κ3) is 4.14. The Kier molecular flexibility index (Phi) is 4.92. The van der Waals surface area contributed by atoms with Crippen molar-refractivity contribution in [1.29, 1.82) is 0 Å². The number of hydrogen-bond acceptors (Lipinski definition) is 5. The molecule has 0 fully saturated rings. The number of Topliss-reactive ketones (excluding diaryl/α,β-unsaturated/α-hetero) is 1. The fraction of sp³-hybridized carbons (Fsp3) is 0.133. The summed E-state index contributed by atoms with van der Waals surface area (Å²) in [5, 5.41) is 9.21. The van der Waals surface area contributed by atoms with E-state index in [1.54, 1.807) is 0 Å². The normalized spacial score (nSPS) is 12.6. The van der Waals surface area contributed by atoms with E-state index in [9.17, 15) is 18.3 Å². The third-order valence-corrected chi connectivity index (χ3v) is 3.67. The maximum Gasteiger partial charge on any atom is 0.299 e. The van der Waals surface area contributed by atoms with Gasteiger partial charge in [0.1, 0.15) is 12.4 Å². The van der Waals surface area contributed by atoms with Crippen LogP contribution in [-0.4, -0.2) is 29.3 Å². The first-order valence-electron chi connectivity index (χ1n) is 6.33. The molecule has 0 aliphatic rings. The first-order chi connectivity index (χ1) is 10.4.